The highest BCUT2D eigenvalue weighted by Crippen LogP contribution is 2.33. The first-order valence-corrected chi connectivity index (χ1v) is 15.7. The maximum Gasteiger partial charge on any atom is 0.335 e. The number of carbonyl (C=O) groups excluding carboxylic acids is 2. The van der Waals surface area contributed by atoms with Crippen LogP contribution in [0.25, 0.3) is 22.0 Å². The number of hydrogen-bond acceptors (Lipinski definition) is 12. The third-order valence-electron chi connectivity index (χ3n) is 7.57. The Morgan fingerprint density at radius 1 is 1.06 bits per heavy atom. The molecule has 1 amide bonds. The minimum Gasteiger partial charge on any atom is -0.496 e. The number of aromatic amines is 1. The number of ketones is 1. The molecule has 4 aromatic rings. The van der Waals surface area contributed by atoms with Gasteiger partial charge in [-0.25, -0.2) is 14.6 Å². The van der Waals surface area contributed by atoms with E-state index in [-0.39, 0.29) is 29.8 Å². The van der Waals surface area contributed by atoms with E-state index in [1.807, 2.05) is 38.1 Å². The molecular formula is C33H42N6O11. The van der Waals surface area contributed by atoms with E-state index in [1.165, 1.54) is 6.26 Å². The van der Waals surface area contributed by atoms with E-state index in [0.717, 1.165) is 29.5 Å². The van der Waals surface area contributed by atoms with Gasteiger partial charge in [0.05, 0.1) is 37.0 Å². The van der Waals surface area contributed by atoms with Gasteiger partial charge in [-0.3, -0.25) is 14.4 Å². The van der Waals surface area contributed by atoms with Crippen molar-refractivity contribution >= 4 is 34.4 Å². The van der Waals surface area contributed by atoms with Crippen molar-refractivity contribution in [3.63, 3.8) is 0 Å². The van der Waals surface area contributed by atoms with E-state index in [2.05, 4.69) is 20.4 Å². The second-order valence-corrected chi connectivity index (χ2v) is 11.6. The lowest BCUT2D eigenvalue weighted by Gasteiger charge is -2.18. The molecule has 0 aliphatic heterocycles. The summed E-state index contributed by atoms with van der Waals surface area (Å²) in [7, 11) is 5.25. The van der Waals surface area contributed by atoms with Gasteiger partial charge in [-0.05, 0) is 57.4 Å². The summed E-state index contributed by atoms with van der Waals surface area (Å²) < 4.78 is 12.0. The zero-order chi connectivity index (χ0) is 37.0. The smallest absolute Gasteiger partial charge is 0.335 e. The number of aliphatic hydroxyl groups is 2. The summed E-state index contributed by atoms with van der Waals surface area (Å²) in [5.74, 6) is -2.50. The van der Waals surface area contributed by atoms with Crippen LogP contribution in [0, 0.1) is 0 Å². The molecule has 0 fully saturated rings. The first kappa shape index (κ1) is 39.1. The summed E-state index contributed by atoms with van der Waals surface area (Å²) in [6.45, 7) is 2.77. The number of methoxy groups -OCH3 is 1. The monoisotopic (exact) mass is 698 g/mol. The average molecular weight is 699 g/mol. The molecule has 0 aliphatic carbocycles. The molecule has 3 heterocycles. The molecule has 3 aromatic heterocycles. The molecule has 0 saturated heterocycles. The number of hydrogen-bond donors (Lipinski definition) is 6. The molecule has 1 aromatic carbocycles. The van der Waals surface area contributed by atoms with Gasteiger partial charge in [-0.1, -0.05) is 18.0 Å². The summed E-state index contributed by atoms with van der Waals surface area (Å²) in [5, 5.41) is 40.7. The number of fused-ring (bicyclic) bond motifs is 1. The van der Waals surface area contributed by atoms with Crippen molar-refractivity contribution in [1.82, 2.24) is 29.9 Å². The van der Waals surface area contributed by atoms with Crippen molar-refractivity contribution < 1.29 is 48.9 Å². The number of Topliss-reactive ketones (excluding diaryl/α,β-unsaturated/α-hetero) is 1. The first-order chi connectivity index (χ1) is 23.8. The van der Waals surface area contributed by atoms with Gasteiger partial charge in [0.1, 0.15) is 23.5 Å². The van der Waals surface area contributed by atoms with Gasteiger partial charge in [-0.15, -0.1) is 0 Å². The zero-order valence-electron chi connectivity index (χ0n) is 28.2. The summed E-state index contributed by atoms with van der Waals surface area (Å²) in [6, 6.07) is 6.82. The second-order valence-electron chi connectivity index (χ2n) is 11.6. The number of ether oxygens (including phenoxy) is 1. The summed E-state index contributed by atoms with van der Waals surface area (Å²) >= 11 is 0. The largest absolute Gasteiger partial charge is 0.496 e. The van der Waals surface area contributed by atoms with Gasteiger partial charge in [0.15, 0.2) is 18.0 Å². The SMILES string of the molecule is CCn1ccc2cc(-c3cnc([C@H](CCCCCC(=O)c4ccon4)NC(=O)CN(C)C)[nH]3)c(OC)cc2c1=O.O=C(O)[C@H](O)[C@@H](O)C(=O)O. The van der Waals surface area contributed by atoms with E-state index in [9.17, 15) is 24.0 Å². The number of pyridine rings is 1. The summed E-state index contributed by atoms with van der Waals surface area (Å²) in [6.07, 6.45) is 3.71. The third kappa shape index (κ3) is 10.6. The molecule has 270 valence electrons. The molecule has 17 heteroatoms. The number of nitrogens with zero attached hydrogens (tertiary/aromatic N) is 4. The molecule has 6 N–H and O–H groups in total. The average Bonchev–Trinajstić information content (AvgIpc) is 3.80. The topological polar surface area (TPSA) is 250 Å². The van der Waals surface area contributed by atoms with Crippen LogP contribution in [0.1, 0.15) is 61.4 Å². The number of carboxylic acid groups (broad SMARTS) is 2. The van der Waals surface area contributed by atoms with Crippen molar-refractivity contribution in [1.29, 1.82) is 0 Å². The van der Waals surface area contributed by atoms with E-state index >= 15 is 0 Å². The highest BCUT2D eigenvalue weighted by Gasteiger charge is 2.29. The molecule has 0 spiro atoms. The van der Waals surface area contributed by atoms with Gasteiger partial charge in [0.2, 0.25) is 5.91 Å². The highest BCUT2D eigenvalue weighted by molar-refractivity contribution is 5.94. The number of H-pyrrole nitrogens is 1. The van der Waals surface area contributed by atoms with Crippen molar-refractivity contribution in [2.45, 2.75) is 63.8 Å². The number of aromatic nitrogens is 4. The number of likely N-dealkylation sites (N-methyl/N-ethyl adjacent to an activating group) is 1. The first-order valence-electron chi connectivity index (χ1n) is 15.7. The predicted molar refractivity (Wildman–Crippen MR) is 179 cm³/mol. The molecule has 3 atom stereocenters. The number of nitrogens with one attached hydrogen (secondary N) is 2. The van der Waals surface area contributed by atoms with Crippen molar-refractivity contribution in [3.8, 4) is 17.0 Å². The van der Waals surface area contributed by atoms with Crippen molar-refractivity contribution in [2.24, 2.45) is 0 Å². The third-order valence-corrected chi connectivity index (χ3v) is 7.57. The van der Waals surface area contributed by atoms with Crippen LogP contribution in [-0.4, -0.2) is 109 Å². The highest BCUT2D eigenvalue weighted by atomic mass is 16.5. The lowest BCUT2D eigenvalue weighted by molar-refractivity contribution is -0.165. The maximum atomic E-state index is 12.8. The van der Waals surface area contributed by atoms with E-state index in [4.69, 9.17) is 29.7 Å². The Morgan fingerprint density at radius 2 is 1.76 bits per heavy atom. The molecule has 0 bridgehead atoms. The van der Waals surface area contributed by atoms with Gasteiger partial charge in [-0.2, -0.15) is 0 Å². The number of benzene rings is 1. The normalized spacial score (nSPS) is 12.9. The molecule has 0 radical (unpaired) electrons. The standard InChI is InChI=1S/C29H36N6O5.C4H6O6/c1-5-35-13-11-19-15-21(26(39-4)16-20(19)29(35)38)24-17-30-28(32-24)23(31-27(37)18-34(2)3)9-7-6-8-10-25(36)22-12-14-40-33-22;5-1(3(7)8)2(6)4(9)10/h11-17,23H,5-10,18H2,1-4H3,(H,30,32)(H,31,37);1-2,5-6H,(H,7,8)(H,9,10)/t23-;1-,2-/m01/s1. The lowest BCUT2D eigenvalue weighted by Crippen LogP contribution is -2.39. The quantitative estimate of drug-likeness (QED) is 0.0680. The predicted octanol–water partition coefficient (Wildman–Crippen LogP) is 1.84. The second kappa shape index (κ2) is 18.4. The lowest BCUT2D eigenvalue weighted by atomic mass is 10.0. The number of amides is 1. The van der Waals surface area contributed by atoms with Crippen LogP contribution in [0.3, 0.4) is 0 Å². The van der Waals surface area contributed by atoms with Crippen molar-refractivity contribution in [2.75, 3.05) is 27.7 Å². The van der Waals surface area contributed by atoms with Crippen LogP contribution in [0.15, 0.2) is 52.2 Å². The number of carboxylic acids is 2. The Hall–Kier alpha value is -5.39. The minimum absolute atomic E-state index is 0.0433. The van der Waals surface area contributed by atoms with Gasteiger partial charge < -0.3 is 49.5 Å². The molecule has 0 saturated carbocycles. The van der Waals surface area contributed by atoms with Crippen LogP contribution in [0.4, 0.5) is 0 Å². The Balaban J connectivity index is 0.000000588. The number of rotatable bonds is 17. The number of carbonyl (C=O) groups is 4. The van der Waals surface area contributed by atoms with Crippen LogP contribution in [0.5, 0.6) is 5.75 Å². The molecule has 0 aliphatic rings. The van der Waals surface area contributed by atoms with Crippen LogP contribution in [0.2, 0.25) is 0 Å². The fraction of sp³-hybridized carbons (Fsp3) is 0.424. The Morgan fingerprint density at radius 3 is 2.34 bits per heavy atom. The van der Waals surface area contributed by atoms with Crippen LogP contribution in [-0.2, 0) is 20.9 Å². The Bertz CT molecular complexity index is 1800. The van der Waals surface area contributed by atoms with Gasteiger partial charge in [0, 0.05) is 30.8 Å². The molecule has 17 nitrogen and oxygen atoms in total. The van der Waals surface area contributed by atoms with Gasteiger partial charge in [0.25, 0.3) is 5.56 Å². The maximum absolute atomic E-state index is 12.8. The summed E-state index contributed by atoms with van der Waals surface area (Å²) in [5.41, 5.74) is 1.77. The number of unbranched alkanes of at least 4 members (excludes halogenated alkanes) is 2. The summed E-state index contributed by atoms with van der Waals surface area (Å²) in [4.78, 5) is 67.0. The van der Waals surface area contributed by atoms with E-state index in [0.29, 0.717) is 48.5 Å². The number of aliphatic hydroxyl groups excluding tert-OH is 2. The molecular weight excluding hydrogens is 656 g/mol. The molecule has 0 unspecified atom stereocenters. The van der Waals surface area contributed by atoms with Crippen molar-refractivity contribution in [3.05, 3.63) is 64.8 Å². The van der Waals surface area contributed by atoms with Gasteiger partial charge >= 0.3 is 11.9 Å². The zero-order valence-corrected chi connectivity index (χ0v) is 28.2. The fourth-order valence-corrected chi connectivity index (χ4v) is 4.96. The number of aliphatic carboxylic acids is 2. The minimum atomic E-state index is -2.27. The molecule has 4 rings (SSSR count). The van der Waals surface area contributed by atoms with Crippen LogP contribution >= 0.6 is 0 Å². The van der Waals surface area contributed by atoms with E-state index in [1.54, 1.807) is 36.2 Å². The Kier molecular flexibility index (Phi) is 14.4. The Labute approximate surface area is 286 Å². The molecule has 50 heavy (non-hydrogen) atoms. The number of imidazole rings is 1. The van der Waals surface area contributed by atoms with E-state index < -0.39 is 24.1 Å². The number of aryl methyl sites for hydroxylation is 1. The fourth-order valence-electron chi connectivity index (χ4n) is 4.96. The van der Waals surface area contributed by atoms with Crippen LogP contribution < -0.4 is 15.6 Å².